The average Bonchev–Trinajstić information content (AvgIpc) is 2.65. The molecule has 0 amide bonds. The van der Waals surface area contributed by atoms with E-state index in [-0.39, 0.29) is 19.5 Å². The summed E-state index contributed by atoms with van der Waals surface area (Å²) in [7, 11) is -5.92. The van der Waals surface area contributed by atoms with Crippen molar-refractivity contribution in [1.29, 1.82) is 0 Å². The van der Waals surface area contributed by atoms with E-state index in [1.54, 1.807) is 0 Å². The van der Waals surface area contributed by atoms with Crippen LogP contribution in [-0.4, -0.2) is 64.6 Å². The summed E-state index contributed by atoms with van der Waals surface area (Å²) >= 11 is 0. The number of sulfonamides is 1. The van der Waals surface area contributed by atoms with E-state index in [1.165, 1.54) is 0 Å². The Hall–Kier alpha value is -0.670. The second-order valence-corrected chi connectivity index (χ2v) is 8.23. The maximum atomic E-state index is 11.7. The number of hydrogen-bond donors (Lipinski definition) is 0. The van der Waals surface area contributed by atoms with Gasteiger partial charge in [-0.3, -0.25) is 4.79 Å². The maximum Gasteiger partial charge on any atom is 0.322 e. The molecule has 100 valence electrons. The van der Waals surface area contributed by atoms with Gasteiger partial charge in [-0.05, 0) is 6.42 Å². The Morgan fingerprint density at radius 2 is 1.94 bits per heavy atom. The van der Waals surface area contributed by atoms with Gasteiger partial charge in [0, 0.05) is 19.3 Å². The van der Waals surface area contributed by atoms with Gasteiger partial charge in [0.2, 0.25) is 10.0 Å². The second kappa shape index (κ2) is 4.91. The van der Waals surface area contributed by atoms with Gasteiger partial charge in [0.05, 0.1) is 12.4 Å². The van der Waals surface area contributed by atoms with Crippen molar-refractivity contribution in [3.05, 3.63) is 0 Å². The van der Waals surface area contributed by atoms with Crippen molar-refractivity contribution < 1.29 is 26.4 Å². The fraction of sp³-hybridized carbons (Fsp3) is 0.875. The van der Waals surface area contributed by atoms with Crippen LogP contribution in [0.2, 0.25) is 0 Å². The van der Waals surface area contributed by atoms with E-state index in [2.05, 4.69) is 4.74 Å². The summed E-state index contributed by atoms with van der Waals surface area (Å²) in [6.45, 7) is 0.0369. The zero-order valence-electron chi connectivity index (χ0n) is 9.62. The number of methoxy groups -OCH3 is 1. The highest BCUT2D eigenvalue weighted by Crippen LogP contribution is 2.19. The van der Waals surface area contributed by atoms with E-state index in [0.717, 1.165) is 17.7 Å². The molecule has 1 aliphatic rings. The molecular weight excluding hydrogens is 270 g/mol. The SMILES string of the molecule is COC(=O)CS(=O)(=O)N1CCC(S(C)(=O)=O)C1. The van der Waals surface area contributed by atoms with Gasteiger partial charge in [-0.15, -0.1) is 0 Å². The van der Waals surface area contributed by atoms with Gasteiger partial charge in [-0.1, -0.05) is 0 Å². The largest absolute Gasteiger partial charge is 0.468 e. The first-order valence-corrected chi connectivity index (χ1v) is 8.46. The number of ether oxygens (including phenoxy) is 1. The number of carbonyl (C=O) groups is 1. The Morgan fingerprint density at radius 3 is 2.35 bits per heavy atom. The number of hydrogen-bond acceptors (Lipinski definition) is 6. The molecule has 1 saturated heterocycles. The van der Waals surface area contributed by atoms with Crippen molar-refractivity contribution in [1.82, 2.24) is 4.31 Å². The van der Waals surface area contributed by atoms with E-state index in [4.69, 9.17) is 0 Å². The van der Waals surface area contributed by atoms with E-state index >= 15 is 0 Å². The predicted octanol–water partition coefficient (Wildman–Crippen LogP) is -1.39. The molecule has 17 heavy (non-hydrogen) atoms. The van der Waals surface area contributed by atoms with Crippen molar-refractivity contribution in [2.75, 3.05) is 32.2 Å². The summed E-state index contributed by atoms with van der Waals surface area (Å²) < 4.78 is 51.3. The average molecular weight is 285 g/mol. The molecule has 1 atom stereocenters. The van der Waals surface area contributed by atoms with E-state index < -0.39 is 36.8 Å². The Balaban J connectivity index is 2.74. The lowest BCUT2D eigenvalue weighted by molar-refractivity contribution is -0.137. The highest BCUT2D eigenvalue weighted by molar-refractivity contribution is 7.91. The molecule has 1 rings (SSSR count). The molecule has 0 N–H and O–H groups in total. The summed E-state index contributed by atoms with van der Waals surface area (Å²) in [5.74, 6) is -1.60. The summed E-state index contributed by atoms with van der Waals surface area (Å²) in [4.78, 5) is 10.9. The molecule has 0 bridgehead atoms. The smallest absolute Gasteiger partial charge is 0.322 e. The fourth-order valence-electron chi connectivity index (χ4n) is 1.60. The van der Waals surface area contributed by atoms with Crippen LogP contribution in [0.15, 0.2) is 0 Å². The quantitative estimate of drug-likeness (QED) is 0.590. The van der Waals surface area contributed by atoms with E-state index in [9.17, 15) is 21.6 Å². The van der Waals surface area contributed by atoms with Crippen molar-refractivity contribution in [2.24, 2.45) is 0 Å². The highest BCUT2D eigenvalue weighted by Gasteiger charge is 2.37. The fourth-order valence-corrected chi connectivity index (χ4v) is 4.07. The van der Waals surface area contributed by atoms with Gasteiger partial charge in [0.25, 0.3) is 0 Å². The number of carbonyl (C=O) groups excluding carboxylic acids is 1. The highest BCUT2D eigenvalue weighted by atomic mass is 32.2. The Labute approximate surface area is 101 Å². The summed E-state index contributed by atoms with van der Waals surface area (Å²) in [6.07, 6.45) is 1.34. The number of nitrogens with zero attached hydrogens (tertiary/aromatic N) is 1. The third-order valence-electron chi connectivity index (χ3n) is 2.63. The molecule has 0 radical (unpaired) electrons. The first-order chi connectivity index (χ1) is 7.66. The van der Waals surface area contributed by atoms with Gasteiger partial charge < -0.3 is 4.74 Å². The summed E-state index contributed by atoms with van der Waals surface area (Å²) in [6, 6.07) is 0. The Morgan fingerprint density at radius 1 is 1.35 bits per heavy atom. The van der Waals surface area contributed by atoms with Crippen LogP contribution < -0.4 is 0 Å². The van der Waals surface area contributed by atoms with Crippen molar-refractivity contribution in [2.45, 2.75) is 11.7 Å². The van der Waals surface area contributed by atoms with E-state index in [0.29, 0.717) is 0 Å². The van der Waals surface area contributed by atoms with Crippen molar-refractivity contribution in [3.63, 3.8) is 0 Å². The Kier molecular flexibility index (Phi) is 4.15. The topological polar surface area (TPSA) is 97.8 Å². The van der Waals surface area contributed by atoms with E-state index in [1.807, 2.05) is 0 Å². The van der Waals surface area contributed by atoms with Crippen LogP contribution in [0.4, 0.5) is 0 Å². The molecule has 0 saturated carbocycles. The van der Waals surface area contributed by atoms with Crippen LogP contribution in [0, 0.1) is 0 Å². The standard InChI is InChI=1S/C8H15NO6S2/c1-15-8(10)6-17(13,14)9-4-3-7(5-9)16(2,11)12/h7H,3-6H2,1-2H3. The van der Waals surface area contributed by atoms with Gasteiger partial charge >= 0.3 is 5.97 Å². The van der Waals surface area contributed by atoms with Crippen LogP contribution >= 0.6 is 0 Å². The molecule has 1 unspecified atom stereocenters. The lowest BCUT2D eigenvalue weighted by Crippen LogP contribution is -2.35. The molecule has 7 nitrogen and oxygen atoms in total. The lowest BCUT2D eigenvalue weighted by atomic mass is 10.4. The molecule has 9 heteroatoms. The molecule has 1 aliphatic heterocycles. The molecular formula is C8H15NO6S2. The first kappa shape index (κ1) is 14.4. The number of esters is 1. The molecule has 0 aromatic carbocycles. The zero-order chi connectivity index (χ0) is 13.3. The normalized spacial score (nSPS) is 22.6. The lowest BCUT2D eigenvalue weighted by Gasteiger charge is -2.15. The van der Waals surface area contributed by atoms with Crippen LogP contribution in [0.1, 0.15) is 6.42 Å². The Bertz CT molecular complexity index is 494. The minimum atomic E-state index is -3.77. The molecule has 0 aromatic rings. The maximum absolute atomic E-state index is 11.7. The number of sulfone groups is 1. The molecule has 1 heterocycles. The molecule has 0 spiro atoms. The minimum absolute atomic E-state index is 0.0852. The summed E-state index contributed by atoms with van der Waals surface area (Å²) in [5.41, 5.74) is 0. The third kappa shape index (κ3) is 3.65. The first-order valence-electron chi connectivity index (χ1n) is 4.90. The van der Waals surface area contributed by atoms with Crippen LogP contribution in [0.25, 0.3) is 0 Å². The zero-order valence-corrected chi connectivity index (χ0v) is 11.3. The van der Waals surface area contributed by atoms with Crippen LogP contribution in [0.5, 0.6) is 0 Å². The minimum Gasteiger partial charge on any atom is -0.468 e. The predicted molar refractivity (Wildman–Crippen MR) is 60.6 cm³/mol. The van der Waals surface area contributed by atoms with Crippen molar-refractivity contribution in [3.8, 4) is 0 Å². The monoisotopic (exact) mass is 285 g/mol. The van der Waals surface area contributed by atoms with Crippen LogP contribution in [0.3, 0.4) is 0 Å². The van der Waals surface area contributed by atoms with Gasteiger partial charge in [0.1, 0.15) is 0 Å². The molecule has 1 fully saturated rings. The van der Waals surface area contributed by atoms with Crippen LogP contribution in [-0.2, 0) is 29.4 Å². The summed E-state index contributed by atoms with van der Waals surface area (Å²) in [5, 5.41) is -0.685. The van der Waals surface area contributed by atoms with Gasteiger partial charge in [-0.2, -0.15) is 0 Å². The molecule has 0 aromatic heterocycles. The number of rotatable bonds is 4. The second-order valence-electron chi connectivity index (χ2n) is 3.93. The van der Waals surface area contributed by atoms with Gasteiger partial charge in [0.15, 0.2) is 15.6 Å². The molecule has 0 aliphatic carbocycles. The van der Waals surface area contributed by atoms with Gasteiger partial charge in [-0.25, -0.2) is 21.1 Å². The van der Waals surface area contributed by atoms with Crippen molar-refractivity contribution >= 4 is 25.8 Å². The third-order valence-corrected chi connectivity index (χ3v) is 5.95.